The van der Waals surface area contributed by atoms with Crippen molar-refractivity contribution < 1.29 is 4.74 Å². The van der Waals surface area contributed by atoms with Crippen LogP contribution < -0.4 is 15.4 Å². The lowest BCUT2D eigenvalue weighted by atomic mass is 10.0. The van der Waals surface area contributed by atoms with Gasteiger partial charge in [-0.25, -0.2) is 9.98 Å². The van der Waals surface area contributed by atoms with Crippen molar-refractivity contribution in [2.45, 2.75) is 72.0 Å². The molecule has 1 aromatic rings. The predicted molar refractivity (Wildman–Crippen MR) is 112 cm³/mol. The molecule has 1 saturated heterocycles. The lowest BCUT2D eigenvalue weighted by Gasteiger charge is -2.35. The maximum atomic E-state index is 5.83. The zero-order valence-electron chi connectivity index (χ0n) is 17.5. The Bertz CT molecular complexity index is 567. The topological polar surface area (TPSA) is 61.8 Å². The predicted octanol–water partition coefficient (Wildman–Crippen LogP) is 3.19. The van der Waals surface area contributed by atoms with Gasteiger partial charge in [-0.05, 0) is 46.1 Å². The molecule has 0 amide bonds. The van der Waals surface area contributed by atoms with Crippen molar-refractivity contribution in [1.82, 2.24) is 20.5 Å². The molecule has 0 aromatic carbocycles. The van der Waals surface area contributed by atoms with E-state index >= 15 is 0 Å². The van der Waals surface area contributed by atoms with Crippen LogP contribution in [0.3, 0.4) is 0 Å². The van der Waals surface area contributed by atoms with E-state index in [-0.39, 0.29) is 0 Å². The smallest absolute Gasteiger partial charge is 0.218 e. The molecule has 1 aliphatic heterocycles. The van der Waals surface area contributed by atoms with Gasteiger partial charge in [0.15, 0.2) is 5.96 Å². The minimum atomic E-state index is 0.479. The molecular formula is C21H37N5O. The van der Waals surface area contributed by atoms with Gasteiger partial charge in [-0.1, -0.05) is 19.4 Å². The van der Waals surface area contributed by atoms with Crippen LogP contribution in [0.25, 0.3) is 0 Å². The number of hydrogen-bond acceptors (Lipinski definition) is 4. The number of ether oxygens (including phenoxy) is 1. The maximum Gasteiger partial charge on any atom is 0.218 e. The highest BCUT2D eigenvalue weighted by Crippen LogP contribution is 2.16. The minimum Gasteiger partial charge on any atom is -0.477 e. The summed E-state index contributed by atoms with van der Waals surface area (Å²) in [5.41, 5.74) is 1.03. The van der Waals surface area contributed by atoms with Crippen LogP contribution in [0.15, 0.2) is 23.3 Å². The van der Waals surface area contributed by atoms with Gasteiger partial charge in [0.2, 0.25) is 5.88 Å². The van der Waals surface area contributed by atoms with Gasteiger partial charge in [0, 0.05) is 43.5 Å². The Morgan fingerprint density at radius 1 is 1.33 bits per heavy atom. The van der Waals surface area contributed by atoms with E-state index in [1.807, 2.05) is 12.1 Å². The zero-order valence-corrected chi connectivity index (χ0v) is 17.5. The van der Waals surface area contributed by atoms with E-state index in [0.29, 0.717) is 31.1 Å². The molecule has 2 N–H and O–H groups in total. The maximum absolute atomic E-state index is 5.83. The number of rotatable bonds is 9. The van der Waals surface area contributed by atoms with E-state index in [2.05, 4.69) is 48.2 Å². The van der Waals surface area contributed by atoms with Crippen LogP contribution in [0.2, 0.25) is 0 Å². The summed E-state index contributed by atoms with van der Waals surface area (Å²) in [5.74, 6) is 1.58. The number of piperidine rings is 1. The molecule has 0 bridgehead atoms. The highest BCUT2D eigenvalue weighted by Gasteiger charge is 2.21. The summed E-state index contributed by atoms with van der Waals surface area (Å²) in [5, 5.41) is 6.98. The molecule has 0 atom stereocenters. The second-order valence-corrected chi connectivity index (χ2v) is 7.41. The van der Waals surface area contributed by atoms with Crippen molar-refractivity contribution >= 4 is 5.96 Å². The van der Waals surface area contributed by atoms with Crippen LogP contribution >= 0.6 is 0 Å². The molecule has 0 aliphatic carbocycles. The highest BCUT2D eigenvalue weighted by molar-refractivity contribution is 5.80. The molecule has 0 radical (unpaired) electrons. The Kier molecular flexibility index (Phi) is 9.39. The summed E-state index contributed by atoms with van der Waals surface area (Å²) in [4.78, 5) is 11.7. The summed E-state index contributed by atoms with van der Waals surface area (Å²) in [6, 6.07) is 5.10. The summed E-state index contributed by atoms with van der Waals surface area (Å²) < 4.78 is 5.83. The lowest BCUT2D eigenvalue weighted by molar-refractivity contribution is 0.167. The van der Waals surface area contributed by atoms with E-state index in [9.17, 15) is 0 Å². The lowest BCUT2D eigenvalue weighted by Crippen LogP contribution is -2.49. The number of likely N-dealkylation sites (tertiary alicyclic amines) is 1. The van der Waals surface area contributed by atoms with Crippen LogP contribution in [0.4, 0.5) is 0 Å². The second kappa shape index (κ2) is 11.8. The van der Waals surface area contributed by atoms with Crippen molar-refractivity contribution in [1.29, 1.82) is 0 Å². The van der Waals surface area contributed by atoms with Crippen LogP contribution in [-0.4, -0.2) is 54.2 Å². The molecule has 0 saturated carbocycles. The number of nitrogens with one attached hydrogen (secondary N) is 2. The Morgan fingerprint density at radius 3 is 2.78 bits per heavy atom. The van der Waals surface area contributed by atoms with Crippen LogP contribution in [0.1, 0.15) is 58.9 Å². The second-order valence-electron chi connectivity index (χ2n) is 7.41. The van der Waals surface area contributed by atoms with Gasteiger partial charge >= 0.3 is 0 Å². The summed E-state index contributed by atoms with van der Waals surface area (Å²) in [6.07, 6.45) is 6.24. The molecule has 1 fully saturated rings. The third-order valence-electron chi connectivity index (χ3n) is 4.94. The van der Waals surface area contributed by atoms with Gasteiger partial charge in [0.25, 0.3) is 0 Å². The molecule has 2 heterocycles. The number of guanidine groups is 1. The molecule has 0 unspecified atom stereocenters. The first-order valence-corrected chi connectivity index (χ1v) is 10.5. The van der Waals surface area contributed by atoms with Crippen LogP contribution in [0.5, 0.6) is 5.88 Å². The number of unbranched alkanes of at least 4 members (excludes halogenated alkanes) is 1. The van der Waals surface area contributed by atoms with Crippen molar-refractivity contribution in [3.05, 3.63) is 23.9 Å². The van der Waals surface area contributed by atoms with Gasteiger partial charge in [-0.15, -0.1) is 0 Å². The largest absolute Gasteiger partial charge is 0.477 e. The van der Waals surface area contributed by atoms with Gasteiger partial charge in [-0.2, -0.15) is 0 Å². The number of aliphatic imine (C=N–C) groups is 1. The summed E-state index contributed by atoms with van der Waals surface area (Å²) in [7, 11) is 0. The Labute approximate surface area is 164 Å². The zero-order chi connectivity index (χ0) is 19.5. The minimum absolute atomic E-state index is 0.479. The van der Waals surface area contributed by atoms with Crippen molar-refractivity contribution in [2.75, 3.05) is 26.2 Å². The van der Waals surface area contributed by atoms with Gasteiger partial charge in [0.05, 0.1) is 13.2 Å². The van der Waals surface area contributed by atoms with Crippen molar-refractivity contribution in [2.24, 2.45) is 4.99 Å². The fourth-order valence-electron chi connectivity index (χ4n) is 3.23. The summed E-state index contributed by atoms with van der Waals surface area (Å²) >= 11 is 0. The first kappa shape index (κ1) is 21.5. The van der Waals surface area contributed by atoms with Gasteiger partial charge < -0.3 is 20.3 Å². The third-order valence-corrected chi connectivity index (χ3v) is 4.94. The molecular weight excluding hydrogens is 338 g/mol. The van der Waals surface area contributed by atoms with Crippen LogP contribution in [0, 0.1) is 0 Å². The Morgan fingerprint density at radius 2 is 2.11 bits per heavy atom. The van der Waals surface area contributed by atoms with E-state index in [1.54, 1.807) is 6.20 Å². The Balaban J connectivity index is 1.93. The number of hydrogen-bond donors (Lipinski definition) is 2. The molecule has 0 spiro atoms. The quantitative estimate of drug-likeness (QED) is 0.394. The van der Waals surface area contributed by atoms with E-state index in [0.717, 1.165) is 56.8 Å². The Hall–Kier alpha value is -1.82. The average Bonchev–Trinajstić information content (AvgIpc) is 2.68. The molecule has 152 valence electrons. The van der Waals surface area contributed by atoms with Gasteiger partial charge in [-0.3, -0.25) is 0 Å². The fraction of sp³-hybridized carbons (Fsp3) is 0.714. The average molecular weight is 376 g/mol. The first-order chi connectivity index (χ1) is 13.1. The van der Waals surface area contributed by atoms with E-state index < -0.39 is 0 Å². The molecule has 6 heteroatoms. The number of pyridine rings is 1. The molecule has 27 heavy (non-hydrogen) atoms. The third kappa shape index (κ3) is 7.37. The molecule has 1 aromatic heterocycles. The van der Waals surface area contributed by atoms with Crippen molar-refractivity contribution in [3.63, 3.8) is 0 Å². The highest BCUT2D eigenvalue weighted by atomic mass is 16.5. The van der Waals surface area contributed by atoms with E-state index in [1.165, 1.54) is 0 Å². The number of aromatic nitrogens is 1. The molecule has 2 rings (SSSR count). The first-order valence-electron chi connectivity index (χ1n) is 10.5. The van der Waals surface area contributed by atoms with E-state index in [4.69, 9.17) is 9.73 Å². The number of nitrogens with zero attached hydrogens (tertiary/aromatic N) is 3. The summed E-state index contributed by atoms with van der Waals surface area (Å²) in [6.45, 7) is 13.2. The fourth-order valence-corrected chi connectivity index (χ4v) is 3.23. The normalized spacial score (nSPS) is 16.6. The van der Waals surface area contributed by atoms with Gasteiger partial charge in [0.1, 0.15) is 0 Å². The monoisotopic (exact) mass is 375 g/mol. The van der Waals surface area contributed by atoms with Crippen molar-refractivity contribution in [3.8, 4) is 5.88 Å². The SMILES string of the molecule is CCCCOc1ncccc1CN=C(NCC)NC1CCN(C(C)C)CC1. The molecule has 1 aliphatic rings. The molecule has 6 nitrogen and oxygen atoms in total. The van der Waals surface area contributed by atoms with Crippen LogP contribution in [-0.2, 0) is 6.54 Å². The standard InChI is InChI=1S/C21H37N5O/c1-5-7-15-27-20-18(9-8-12-23-20)16-24-21(22-6-2)25-19-10-13-26(14-11-19)17(3)4/h8-9,12,17,19H,5-7,10-11,13-16H2,1-4H3,(H2,22,24,25).